The fraction of sp³-hybridized carbons (Fsp3) is 0.833. The van der Waals surface area contributed by atoms with Gasteiger partial charge in [-0.2, -0.15) is 0 Å². The van der Waals surface area contributed by atoms with Crippen molar-refractivity contribution in [3.8, 4) is 0 Å². The minimum Gasteiger partial charge on any atom is -0.481 e. The van der Waals surface area contributed by atoms with Crippen LogP contribution in [-0.4, -0.2) is 53.3 Å². The van der Waals surface area contributed by atoms with Gasteiger partial charge in [0.15, 0.2) is 0 Å². The number of hydrogen-bond acceptors (Lipinski definition) is 3. The average molecular weight is 258 g/mol. The van der Waals surface area contributed by atoms with Crippen molar-refractivity contribution < 1.29 is 19.4 Å². The molecule has 1 unspecified atom stereocenters. The van der Waals surface area contributed by atoms with Gasteiger partial charge < -0.3 is 20.1 Å². The molecule has 104 valence electrons. The maximum absolute atomic E-state index is 12.1. The summed E-state index contributed by atoms with van der Waals surface area (Å²) in [5.41, 5.74) is -0.750. The van der Waals surface area contributed by atoms with Gasteiger partial charge in [-0.05, 0) is 20.3 Å². The summed E-state index contributed by atoms with van der Waals surface area (Å²) < 4.78 is 5.33. The summed E-state index contributed by atoms with van der Waals surface area (Å²) in [6.07, 6.45) is 0.729. The largest absolute Gasteiger partial charge is 0.481 e. The van der Waals surface area contributed by atoms with Crippen molar-refractivity contribution in [2.45, 2.75) is 45.2 Å². The predicted molar refractivity (Wildman–Crippen MR) is 66.5 cm³/mol. The zero-order valence-electron chi connectivity index (χ0n) is 11.2. The topological polar surface area (TPSA) is 78.9 Å². The van der Waals surface area contributed by atoms with E-state index < -0.39 is 11.5 Å². The van der Waals surface area contributed by atoms with Crippen molar-refractivity contribution in [1.82, 2.24) is 10.2 Å². The van der Waals surface area contributed by atoms with Crippen LogP contribution in [0, 0.1) is 0 Å². The molecule has 18 heavy (non-hydrogen) atoms. The average Bonchev–Trinajstić information content (AvgIpc) is 2.26. The molecular weight excluding hydrogens is 236 g/mol. The minimum absolute atomic E-state index is 0.0689. The van der Waals surface area contributed by atoms with Gasteiger partial charge >= 0.3 is 12.0 Å². The van der Waals surface area contributed by atoms with Gasteiger partial charge in [0, 0.05) is 12.1 Å². The first-order valence-corrected chi connectivity index (χ1v) is 6.24. The number of carboxylic acid groups (broad SMARTS) is 1. The van der Waals surface area contributed by atoms with Crippen molar-refractivity contribution in [1.29, 1.82) is 0 Å². The Bertz CT molecular complexity index is 317. The highest BCUT2D eigenvalue weighted by molar-refractivity contribution is 5.77. The van der Waals surface area contributed by atoms with Gasteiger partial charge in [-0.15, -0.1) is 0 Å². The maximum Gasteiger partial charge on any atom is 0.318 e. The van der Waals surface area contributed by atoms with Crippen LogP contribution in [0.5, 0.6) is 0 Å². The number of rotatable bonds is 4. The lowest BCUT2D eigenvalue weighted by molar-refractivity contribution is -0.138. The van der Waals surface area contributed by atoms with Crippen LogP contribution in [0.2, 0.25) is 0 Å². The number of nitrogens with one attached hydrogen (secondary N) is 1. The molecule has 0 bridgehead atoms. The monoisotopic (exact) mass is 258 g/mol. The Morgan fingerprint density at radius 2 is 2.17 bits per heavy atom. The highest BCUT2D eigenvalue weighted by atomic mass is 16.5. The predicted octanol–water partition coefficient (Wildman–Crippen LogP) is 1.06. The standard InChI is InChI=1S/C12H22N2O4/c1-4-9-8-18-6-5-14(9)11(17)13-12(2,3)7-10(15)16/h9H,4-8H2,1-3H3,(H,13,17)(H,15,16). The summed E-state index contributed by atoms with van der Waals surface area (Å²) in [6.45, 7) is 7.04. The first-order valence-electron chi connectivity index (χ1n) is 6.24. The van der Waals surface area contributed by atoms with E-state index >= 15 is 0 Å². The molecule has 0 aromatic carbocycles. The van der Waals surface area contributed by atoms with E-state index in [2.05, 4.69) is 5.32 Å². The normalized spacial score (nSPS) is 20.6. The van der Waals surface area contributed by atoms with Crippen molar-refractivity contribution in [2.24, 2.45) is 0 Å². The van der Waals surface area contributed by atoms with E-state index in [9.17, 15) is 9.59 Å². The molecule has 1 atom stereocenters. The molecule has 6 heteroatoms. The Balaban J connectivity index is 2.60. The third kappa shape index (κ3) is 4.18. The van der Waals surface area contributed by atoms with Crippen LogP contribution in [-0.2, 0) is 9.53 Å². The lowest BCUT2D eigenvalue weighted by atomic mass is 10.0. The fourth-order valence-corrected chi connectivity index (χ4v) is 2.04. The summed E-state index contributed by atoms with van der Waals surface area (Å²) in [5.74, 6) is -0.922. The third-order valence-corrected chi connectivity index (χ3v) is 3.00. The summed E-state index contributed by atoms with van der Waals surface area (Å²) in [4.78, 5) is 24.6. The van der Waals surface area contributed by atoms with Gasteiger partial charge in [-0.3, -0.25) is 4.79 Å². The van der Waals surface area contributed by atoms with E-state index in [0.29, 0.717) is 19.8 Å². The van der Waals surface area contributed by atoms with Crippen LogP contribution in [0.3, 0.4) is 0 Å². The van der Waals surface area contributed by atoms with Crippen molar-refractivity contribution in [2.75, 3.05) is 19.8 Å². The minimum atomic E-state index is -0.922. The third-order valence-electron chi connectivity index (χ3n) is 3.00. The number of aliphatic carboxylic acids is 1. The first-order chi connectivity index (χ1) is 8.35. The van der Waals surface area contributed by atoms with Gasteiger partial charge in [0.1, 0.15) is 0 Å². The molecule has 1 aliphatic rings. The molecule has 1 aliphatic heterocycles. The molecule has 1 fully saturated rings. The molecule has 1 saturated heterocycles. The lowest BCUT2D eigenvalue weighted by Gasteiger charge is -2.37. The molecule has 0 spiro atoms. The Labute approximate surface area is 107 Å². The van der Waals surface area contributed by atoms with E-state index in [0.717, 1.165) is 6.42 Å². The van der Waals surface area contributed by atoms with E-state index in [-0.39, 0.29) is 18.5 Å². The van der Waals surface area contributed by atoms with Crippen LogP contribution in [0.1, 0.15) is 33.6 Å². The Morgan fingerprint density at radius 3 is 2.72 bits per heavy atom. The second-order valence-electron chi connectivity index (χ2n) is 5.21. The second-order valence-corrected chi connectivity index (χ2v) is 5.21. The molecule has 2 amide bonds. The van der Waals surface area contributed by atoms with Crippen molar-refractivity contribution in [3.05, 3.63) is 0 Å². The number of amides is 2. The number of urea groups is 1. The Morgan fingerprint density at radius 1 is 1.50 bits per heavy atom. The molecule has 0 aromatic heterocycles. The fourth-order valence-electron chi connectivity index (χ4n) is 2.04. The van der Waals surface area contributed by atoms with Crippen molar-refractivity contribution in [3.63, 3.8) is 0 Å². The molecule has 2 N–H and O–H groups in total. The number of ether oxygens (including phenoxy) is 1. The van der Waals surface area contributed by atoms with Crippen LogP contribution in [0.25, 0.3) is 0 Å². The Kier molecular flexibility index (Phi) is 4.95. The van der Waals surface area contributed by atoms with Crippen LogP contribution >= 0.6 is 0 Å². The summed E-state index contributed by atoms with van der Waals surface area (Å²) in [6, 6.07) is -0.143. The zero-order valence-corrected chi connectivity index (χ0v) is 11.2. The highest BCUT2D eigenvalue weighted by Gasteiger charge is 2.30. The van der Waals surface area contributed by atoms with Gasteiger partial charge in [-0.25, -0.2) is 4.79 Å². The van der Waals surface area contributed by atoms with E-state index in [1.54, 1.807) is 18.7 Å². The second kappa shape index (κ2) is 6.04. The SMILES string of the molecule is CCC1COCCN1C(=O)NC(C)(C)CC(=O)O. The highest BCUT2D eigenvalue weighted by Crippen LogP contribution is 2.14. The van der Waals surface area contributed by atoms with Crippen LogP contribution < -0.4 is 5.32 Å². The summed E-state index contributed by atoms with van der Waals surface area (Å²) >= 11 is 0. The van der Waals surface area contributed by atoms with Crippen molar-refractivity contribution >= 4 is 12.0 Å². The number of nitrogens with zero attached hydrogens (tertiary/aromatic N) is 1. The van der Waals surface area contributed by atoms with Crippen LogP contribution in [0.15, 0.2) is 0 Å². The van der Waals surface area contributed by atoms with E-state index in [1.807, 2.05) is 6.92 Å². The van der Waals surface area contributed by atoms with Crippen LogP contribution in [0.4, 0.5) is 4.79 Å². The van der Waals surface area contributed by atoms with Gasteiger partial charge in [0.05, 0.1) is 25.7 Å². The molecule has 0 radical (unpaired) electrons. The quantitative estimate of drug-likeness (QED) is 0.790. The summed E-state index contributed by atoms with van der Waals surface area (Å²) in [7, 11) is 0. The zero-order chi connectivity index (χ0) is 13.8. The molecule has 6 nitrogen and oxygen atoms in total. The first kappa shape index (κ1) is 14.8. The van der Waals surface area contributed by atoms with E-state index in [1.165, 1.54) is 0 Å². The van der Waals surface area contributed by atoms with Gasteiger partial charge in [0.25, 0.3) is 0 Å². The molecule has 0 aromatic rings. The number of carbonyl (C=O) groups excluding carboxylic acids is 1. The number of morpholine rings is 1. The number of carbonyl (C=O) groups is 2. The molecule has 1 rings (SSSR count). The van der Waals surface area contributed by atoms with E-state index in [4.69, 9.17) is 9.84 Å². The molecule has 0 aliphatic carbocycles. The van der Waals surface area contributed by atoms with Gasteiger partial charge in [-0.1, -0.05) is 6.92 Å². The molecule has 1 heterocycles. The lowest BCUT2D eigenvalue weighted by Crippen LogP contribution is -2.57. The van der Waals surface area contributed by atoms with Gasteiger partial charge in [0.2, 0.25) is 0 Å². The summed E-state index contributed by atoms with van der Waals surface area (Å²) in [5, 5.41) is 11.6. The Hall–Kier alpha value is -1.30. The molecule has 0 saturated carbocycles. The molecular formula is C12H22N2O4. The number of carboxylic acids is 1. The number of hydrogen-bond donors (Lipinski definition) is 2. The maximum atomic E-state index is 12.1. The smallest absolute Gasteiger partial charge is 0.318 e.